The van der Waals surface area contributed by atoms with Gasteiger partial charge in [-0.2, -0.15) is 0 Å². The van der Waals surface area contributed by atoms with Gasteiger partial charge in [-0.1, -0.05) is 12.1 Å². The van der Waals surface area contributed by atoms with Crippen molar-refractivity contribution in [3.05, 3.63) is 59.7 Å². The van der Waals surface area contributed by atoms with Gasteiger partial charge in [0.25, 0.3) is 5.91 Å². The summed E-state index contributed by atoms with van der Waals surface area (Å²) in [6, 6.07) is 14.3. The fraction of sp³-hybridized carbons (Fsp3) is 0.318. The van der Waals surface area contributed by atoms with E-state index in [9.17, 15) is 14.4 Å². The second-order valence-electron chi connectivity index (χ2n) is 6.76. The number of aryl methyl sites for hydroxylation is 1. The van der Waals surface area contributed by atoms with E-state index < -0.39 is 5.97 Å². The third-order valence-corrected chi connectivity index (χ3v) is 4.51. The highest BCUT2D eigenvalue weighted by molar-refractivity contribution is 5.98. The molecule has 1 heterocycles. The number of nitrogens with zero attached hydrogens (tertiary/aromatic N) is 1. The molecule has 0 bridgehead atoms. The quantitative estimate of drug-likeness (QED) is 0.547. The van der Waals surface area contributed by atoms with Crippen LogP contribution in [0.25, 0.3) is 0 Å². The van der Waals surface area contributed by atoms with E-state index in [0.717, 1.165) is 17.7 Å². The Kier molecular flexibility index (Phi) is 6.84. The number of anilines is 1. The third-order valence-electron chi connectivity index (χ3n) is 4.51. The molecule has 0 saturated carbocycles. The number of rotatable bonds is 8. The molecular formula is C22H24N2O5. The fourth-order valence-electron chi connectivity index (χ4n) is 3.04. The molecule has 1 saturated heterocycles. The summed E-state index contributed by atoms with van der Waals surface area (Å²) >= 11 is 0. The molecule has 0 radical (unpaired) electrons. The summed E-state index contributed by atoms with van der Waals surface area (Å²) in [5.41, 5.74) is 2.27. The van der Waals surface area contributed by atoms with Crippen molar-refractivity contribution in [3.8, 4) is 5.75 Å². The number of amides is 2. The van der Waals surface area contributed by atoms with Crippen molar-refractivity contribution in [2.45, 2.75) is 19.8 Å². The molecule has 0 aliphatic carbocycles. The van der Waals surface area contributed by atoms with Crippen LogP contribution in [0.1, 0.15) is 28.8 Å². The zero-order valence-corrected chi connectivity index (χ0v) is 16.3. The second kappa shape index (κ2) is 9.73. The number of carbonyl (C=O) groups excluding carboxylic acids is 3. The Balaban J connectivity index is 1.37. The van der Waals surface area contributed by atoms with Crippen molar-refractivity contribution in [2.24, 2.45) is 0 Å². The topological polar surface area (TPSA) is 84.9 Å². The summed E-state index contributed by atoms with van der Waals surface area (Å²) in [5, 5.41) is 2.53. The molecule has 0 atom stereocenters. The summed E-state index contributed by atoms with van der Waals surface area (Å²) in [5.74, 6) is -0.104. The molecule has 3 rings (SSSR count). The molecule has 0 unspecified atom stereocenters. The summed E-state index contributed by atoms with van der Waals surface area (Å²) in [7, 11) is 0. The van der Waals surface area contributed by atoms with E-state index in [2.05, 4.69) is 5.32 Å². The smallest absolute Gasteiger partial charge is 0.325 e. The van der Waals surface area contributed by atoms with E-state index in [0.29, 0.717) is 24.3 Å². The predicted molar refractivity (Wildman–Crippen MR) is 108 cm³/mol. The zero-order valence-electron chi connectivity index (χ0n) is 16.3. The van der Waals surface area contributed by atoms with Crippen molar-refractivity contribution in [2.75, 3.05) is 31.2 Å². The molecule has 1 aliphatic rings. The third kappa shape index (κ3) is 5.81. The number of benzene rings is 2. The Morgan fingerprint density at radius 3 is 2.59 bits per heavy atom. The van der Waals surface area contributed by atoms with Crippen LogP contribution in [-0.2, 0) is 14.3 Å². The van der Waals surface area contributed by atoms with Crippen LogP contribution in [0.2, 0.25) is 0 Å². The van der Waals surface area contributed by atoms with E-state index in [-0.39, 0.29) is 31.6 Å². The van der Waals surface area contributed by atoms with Crippen LogP contribution >= 0.6 is 0 Å². The van der Waals surface area contributed by atoms with Gasteiger partial charge in [0.1, 0.15) is 25.5 Å². The highest BCUT2D eigenvalue weighted by Crippen LogP contribution is 2.21. The number of nitrogens with one attached hydrogen (secondary N) is 1. The summed E-state index contributed by atoms with van der Waals surface area (Å²) < 4.78 is 10.6. The molecular weight excluding hydrogens is 372 g/mol. The minimum atomic E-state index is -0.537. The first-order valence-electron chi connectivity index (χ1n) is 9.56. The minimum absolute atomic E-state index is 0.0938. The van der Waals surface area contributed by atoms with Crippen molar-refractivity contribution in [3.63, 3.8) is 0 Å². The number of esters is 1. The largest absolute Gasteiger partial charge is 0.490 e. The van der Waals surface area contributed by atoms with Gasteiger partial charge in [0.05, 0.1) is 0 Å². The van der Waals surface area contributed by atoms with Crippen molar-refractivity contribution >= 4 is 23.5 Å². The number of hydrogen-bond acceptors (Lipinski definition) is 5. The average molecular weight is 396 g/mol. The molecule has 7 heteroatoms. The summed E-state index contributed by atoms with van der Waals surface area (Å²) in [4.78, 5) is 37.4. The SMILES string of the molecule is Cc1cccc(OCCOC(=O)CNC(=O)c2ccc(N3CCCC3=O)cc2)c1. The van der Waals surface area contributed by atoms with E-state index in [1.807, 2.05) is 31.2 Å². The van der Waals surface area contributed by atoms with E-state index in [1.165, 1.54) is 0 Å². The maximum absolute atomic E-state index is 12.2. The maximum atomic E-state index is 12.2. The van der Waals surface area contributed by atoms with Crippen molar-refractivity contribution in [1.29, 1.82) is 0 Å². The van der Waals surface area contributed by atoms with Crippen LogP contribution in [0, 0.1) is 6.92 Å². The lowest BCUT2D eigenvalue weighted by Gasteiger charge is -2.15. The van der Waals surface area contributed by atoms with Crippen LogP contribution in [0.3, 0.4) is 0 Å². The minimum Gasteiger partial charge on any atom is -0.490 e. The van der Waals surface area contributed by atoms with Gasteiger partial charge in [0.15, 0.2) is 0 Å². The zero-order chi connectivity index (χ0) is 20.6. The molecule has 0 spiro atoms. The lowest BCUT2D eigenvalue weighted by molar-refractivity contribution is -0.143. The average Bonchev–Trinajstić information content (AvgIpc) is 3.15. The molecule has 0 aromatic heterocycles. The van der Waals surface area contributed by atoms with Crippen LogP contribution in [0.15, 0.2) is 48.5 Å². The molecule has 7 nitrogen and oxygen atoms in total. The number of carbonyl (C=O) groups is 3. The Hall–Kier alpha value is -3.35. The van der Waals surface area contributed by atoms with Crippen LogP contribution in [0.4, 0.5) is 5.69 Å². The second-order valence-corrected chi connectivity index (χ2v) is 6.76. The highest BCUT2D eigenvalue weighted by Gasteiger charge is 2.21. The highest BCUT2D eigenvalue weighted by atomic mass is 16.6. The molecule has 2 aromatic rings. The van der Waals surface area contributed by atoms with Gasteiger partial charge in [0.2, 0.25) is 5.91 Å². The van der Waals surface area contributed by atoms with Gasteiger partial charge in [-0.25, -0.2) is 0 Å². The maximum Gasteiger partial charge on any atom is 0.325 e. The van der Waals surface area contributed by atoms with Gasteiger partial charge in [-0.05, 0) is 55.3 Å². The molecule has 29 heavy (non-hydrogen) atoms. The van der Waals surface area contributed by atoms with Gasteiger partial charge < -0.3 is 19.7 Å². The molecule has 1 aliphatic heterocycles. The first-order valence-corrected chi connectivity index (χ1v) is 9.56. The van der Waals surface area contributed by atoms with E-state index in [4.69, 9.17) is 9.47 Å². The van der Waals surface area contributed by atoms with Crippen molar-refractivity contribution < 1.29 is 23.9 Å². The summed E-state index contributed by atoms with van der Waals surface area (Å²) in [6.07, 6.45) is 1.40. The van der Waals surface area contributed by atoms with Crippen LogP contribution in [-0.4, -0.2) is 44.1 Å². The van der Waals surface area contributed by atoms with E-state index >= 15 is 0 Å². The first kappa shape index (κ1) is 20.4. The standard InChI is InChI=1S/C22H24N2O5/c1-16-4-2-5-19(14-16)28-12-13-29-21(26)15-23-22(27)17-7-9-18(10-8-17)24-11-3-6-20(24)25/h2,4-5,7-10,14H,3,6,11-13,15H2,1H3,(H,23,27). The summed E-state index contributed by atoms with van der Waals surface area (Å²) in [6.45, 7) is 2.77. The normalized spacial score (nSPS) is 13.3. The van der Waals surface area contributed by atoms with Crippen LogP contribution in [0.5, 0.6) is 5.75 Å². The van der Waals surface area contributed by atoms with Gasteiger partial charge in [-0.3, -0.25) is 14.4 Å². The first-order chi connectivity index (χ1) is 14.0. The number of ether oxygens (including phenoxy) is 2. The Bertz CT molecular complexity index is 879. The lowest BCUT2D eigenvalue weighted by Crippen LogP contribution is -2.31. The Morgan fingerprint density at radius 1 is 1.10 bits per heavy atom. The number of hydrogen-bond donors (Lipinski definition) is 1. The lowest BCUT2D eigenvalue weighted by atomic mass is 10.2. The fourth-order valence-corrected chi connectivity index (χ4v) is 3.04. The molecule has 1 N–H and O–H groups in total. The van der Waals surface area contributed by atoms with Gasteiger partial charge in [-0.15, -0.1) is 0 Å². The molecule has 2 aromatic carbocycles. The molecule has 152 valence electrons. The molecule has 1 fully saturated rings. The molecule has 2 amide bonds. The Morgan fingerprint density at radius 2 is 1.90 bits per heavy atom. The van der Waals surface area contributed by atoms with Gasteiger partial charge >= 0.3 is 5.97 Å². The monoisotopic (exact) mass is 396 g/mol. The van der Waals surface area contributed by atoms with Crippen molar-refractivity contribution in [1.82, 2.24) is 5.32 Å². The Labute approximate surface area is 169 Å². The predicted octanol–water partition coefficient (Wildman–Crippen LogP) is 2.47. The van der Waals surface area contributed by atoms with E-state index in [1.54, 1.807) is 29.2 Å². The van der Waals surface area contributed by atoms with Gasteiger partial charge in [0, 0.05) is 24.2 Å². The van der Waals surface area contributed by atoms with Crippen LogP contribution < -0.4 is 15.0 Å².